The van der Waals surface area contributed by atoms with Crippen LogP contribution >= 0.6 is 11.6 Å². The number of aliphatic hydroxyl groups excluding tert-OH is 1. The molecular formula is C28H32ClN3O7. The zero-order valence-electron chi connectivity index (χ0n) is 21.8. The average molecular weight is 558 g/mol. The molecule has 4 aliphatic rings. The molecule has 1 aromatic carbocycles. The van der Waals surface area contributed by atoms with Crippen molar-refractivity contribution >= 4 is 41.0 Å². The summed E-state index contributed by atoms with van der Waals surface area (Å²) in [5.74, 6) is -3.76. The van der Waals surface area contributed by atoms with Crippen LogP contribution in [0.15, 0.2) is 42.5 Å². The molecule has 4 heterocycles. The molecule has 2 N–H and O–H groups in total. The molecule has 1 spiro atoms. The number of cyclic esters (lactones) is 1. The second kappa shape index (κ2) is 10.7. The number of ether oxygens (including phenoxy) is 2. The quantitative estimate of drug-likeness (QED) is 0.426. The van der Waals surface area contributed by atoms with E-state index in [1.807, 2.05) is 13.0 Å². The lowest BCUT2D eigenvalue weighted by Gasteiger charge is -2.35. The summed E-state index contributed by atoms with van der Waals surface area (Å²) in [7, 11) is 0. The Bertz CT molecular complexity index is 1230. The Labute approximate surface area is 231 Å². The highest BCUT2D eigenvalue weighted by atomic mass is 35.5. The summed E-state index contributed by atoms with van der Waals surface area (Å²) in [5, 5.41) is 13.0. The van der Waals surface area contributed by atoms with Gasteiger partial charge in [-0.3, -0.25) is 19.2 Å². The molecule has 2 fully saturated rings. The molecule has 0 bridgehead atoms. The molecule has 0 aromatic heterocycles. The number of benzene rings is 1. The fourth-order valence-corrected chi connectivity index (χ4v) is 6.50. The lowest BCUT2D eigenvalue weighted by molar-refractivity contribution is -0.158. The van der Waals surface area contributed by atoms with E-state index in [-0.39, 0.29) is 38.6 Å². The van der Waals surface area contributed by atoms with E-state index in [1.54, 1.807) is 43.4 Å². The molecule has 11 heteroatoms. The zero-order chi connectivity index (χ0) is 27.9. The Balaban J connectivity index is 1.60. The van der Waals surface area contributed by atoms with Gasteiger partial charge in [0.15, 0.2) is 0 Å². The van der Waals surface area contributed by atoms with Gasteiger partial charge < -0.3 is 29.7 Å². The lowest BCUT2D eigenvalue weighted by Crippen LogP contribution is -2.56. The number of carbonyl (C=O) groups is 4. The first-order valence-electron chi connectivity index (χ1n) is 13.2. The summed E-state index contributed by atoms with van der Waals surface area (Å²) in [6.45, 7) is 3.35. The highest BCUT2D eigenvalue weighted by Gasteiger charge is 2.71. The van der Waals surface area contributed by atoms with Gasteiger partial charge in [-0.05, 0) is 31.9 Å². The summed E-state index contributed by atoms with van der Waals surface area (Å²) in [6.07, 6.45) is 6.08. The van der Waals surface area contributed by atoms with Gasteiger partial charge in [0.2, 0.25) is 11.8 Å². The van der Waals surface area contributed by atoms with Crippen molar-refractivity contribution in [1.82, 2.24) is 10.2 Å². The first-order valence-corrected chi connectivity index (χ1v) is 13.5. The van der Waals surface area contributed by atoms with Crippen LogP contribution in [0.1, 0.15) is 25.3 Å². The van der Waals surface area contributed by atoms with E-state index < -0.39 is 53.5 Å². The van der Waals surface area contributed by atoms with Crippen molar-refractivity contribution in [3.63, 3.8) is 0 Å². The van der Waals surface area contributed by atoms with Gasteiger partial charge in [-0.2, -0.15) is 0 Å². The van der Waals surface area contributed by atoms with Crippen LogP contribution in [0.3, 0.4) is 0 Å². The van der Waals surface area contributed by atoms with Crippen LogP contribution in [0, 0.1) is 18.8 Å². The Kier molecular flexibility index (Phi) is 7.54. The molecule has 0 unspecified atom stereocenters. The SMILES string of the molecule is Cc1cccc(Cl)c1N1CC=C[C@]23O[C@@H]4/C=C\CCC(=O)NC[C@@H](C)OC(=O)[C@@H]4[C@H]2C(=O)N(CCO)[C@@H]3C1=O. The van der Waals surface area contributed by atoms with Crippen molar-refractivity contribution in [2.75, 3.05) is 31.1 Å². The summed E-state index contributed by atoms with van der Waals surface area (Å²) < 4.78 is 12.2. The number of esters is 1. The molecule has 4 aliphatic heterocycles. The molecule has 0 saturated carbocycles. The van der Waals surface area contributed by atoms with Crippen LogP contribution in [-0.2, 0) is 28.7 Å². The van der Waals surface area contributed by atoms with Crippen molar-refractivity contribution in [1.29, 1.82) is 0 Å². The fraction of sp³-hybridized carbons (Fsp3) is 0.500. The number of likely N-dealkylation sites (tertiary alicyclic amines) is 1. The van der Waals surface area contributed by atoms with Crippen molar-refractivity contribution in [3.05, 3.63) is 53.1 Å². The number of anilines is 1. The Morgan fingerprint density at radius 2 is 1.97 bits per heavy atom. The van der Waals surface area contributed by atoms with Crippen molar-refractivity contribution in [3.8, 4) is 0 Å². The average Bonchev–Trinajstić information content (AvgIpc) is 3.27. The summed E-state index contributed by atoms with van der Waals surface area (Å²) in [6, 6.07) is 4.20. The number of amides is 3. The van der Waals surface area contributed by atoms with Gasteiger partial charge in [0.05, 0.1) is 35.9 Å². The zero-order valence-corrected chi connectivity index (χ0v) is 22.6. The van der Waals surface area contributed by atoms with Crippen LogP contribution < -0.4 is 10.2 Å². The highest BCUT2D eigenvalue weighted by molar-refractivity contribution is 6.34. The predicted molar refractivity (Wildman–Crippen MR) is 142 cm³/mol. The van der Waals surface area contributed by atoms with Gasteiger partial charge in [-0.15, -0.1) is 0 Å². The van der Waals surface area contributed by atoms with E-state index in [2.05, 4.69) is 5.32 Å². The van der Waals surface area contributed by atoms with E-state index in [0.717, 1.165) is 5.56 Å². The largest absolute Gasteiger partial charge is 0.460 e. The van der Waals surface area contributed by atoms with Gasteiger partial charge in [0, 0.05) is 19.5 Å². The predicted octanol–water partition coefficient (Wildman–Crippen LogP) is 1.52. The third-order valence-corrected chi connectivity index (χ3v) is 8.14. The number of para-hydroxylation sites is 1. The molecular weight excluding hydrogens is 526 g/mol. The smallest absolute Gasteiger partial charge is 0.313 e. The molecule has 5 rings (SSSR count). The van der Waals surface area contributed by atoms with Gasteiger partial charge >= 0.3 is 5.97 Å². The molecule has 6 atom stereocenters. The lowest BCUT2D eigenvalue weighted by atomic mass is 9.78. The number of fused-ring (bicyclic) bond motifs is 2. The molecule has 0 radical (unpaired) electrons. The molecule has 208 valence electrons. The van der Waals surface area contributed by atoms with Crippen molar-refractivity contribution in [2.24, 2.45) is 11.8 Å². The van der Waals surface area contributed by atoms with Crippen LogP contribution in [-0.4, -0.2) is 83.8 Å². The van der Waals surface area contributed by atoms with Gasteiger partial charge in [0.25, 0.3) is 5.91 Å². The topological polar surface area (TPSA) is 125 Å². The molecule has 0 aliphatic carbocycles. The normalized spacial score (nSPS) is 33.8. The third-order valence-electron chi connectivity index (χ3n) is 7.83. The third kappa shape index (κ3) is 4.64. The van der Waals surface area contributed by atoms with Gasteiger partial charge in [0.1, 0.15) is 23.7 Å². The van der Waals surface area contributed by atoms with Crippen LogP contribution in [0.5, 0.6) is 0 Å². The standard InChI is InChI=1S/C28H32ClN3O7/c1-16-7-5-8-18(29)23(16)31-12-6-11-28-22(25(35)32(13-14-33)24(28)26(31)36)21-19(39-28)9-3-4-10-20(34)30-15-17(2)38-27(21)37/h3,5-9,11,17,19,21-22,24,33H,4,10,12-15H2,1-2H3,(H,30,34)/b9-3-/t17-,19-,21+,22+,24-,28+/m1/s1. The minimum absolute atomic E-state index is 0.106. The number of allylic oxidation sites excluding steroid dienone is 1. The number of hydrogen-bond acceptors (Lipinski definition) is 7. The van der Waals surface area contributed by atoms with Gasteiger partial charge in [-0.25, -0.2) is 0 Å². The second-order valence-corrected chi connectivity index (χ2v) is 10.8. The Morgan fingerprint density at radius 3 is 2.72 bits per heavy atom. The van der Waals surface area contributed by atoms with E-state index in [0.29, 0.717) is 17.1 Å². The maximum Gasteiger partial charge on any atom is 0.313 e. The van der Waals surface area contributed by atoms with Crippen LogP contribution in [0.2, 0.25) is 5.02 Å². The number of aliphatic hydroxyl groups is 1. The number of nitrogens with one attached hydrogen (secondary N) is 1. The maximum absolute atomic E-state index is 14.3. The summed E-state index contributed by atoms with van der Waals surface area (Å²) in [5.41, 5.74) is -0.156. The number of aryl methyl sites for hydroxylation is 1. The molecule has 39 heavy (non-hydrogen) atoms. The van der Waals surface area contributed by atoms with E-state index >= 15 is 0 Å². The number of halogens is 1. The maximum atomic E-state index is 14.3. The van der Waals surface area contributed by atoms with E-state index in [4.69, 9.17) is 21.1 Å². The second-order valence-electron chi connectivity index (χ2n) is 10.4. The van der Waals surface area contributed by atoms with Crippen molar-refractivity contribution in [2.45, 2.75) is 50.5 Å². The first kappa shape index (κ1) is 27.4. The number of hydrogen-bond donors (Lipinski definition) is 2. The van der Waals surface area contributed by atoms with Crippen molar-refractivity contribution < 1.29 is 33.8 Å². The molecule has 10 nitrogen and oxygen atoms in total. The molecule has 1 aromatic rings. The first-order chi connectivity index (χ1) is 18.7. The molecule has 2 saturated heterocycles. The minimum Gasteiger partial charge on any atom is -0.460 e. The fourth-order valence-electron chi connectivity index (χ4n) is 6.18. The highest BCUT2D eigenvalue weighted by Crippen LogP contribution is 2.53. The number of carbonyl (C=O) groups excluding carboxylic acids is 4. The van der Waals surface area contributed by atoms with Crippen LogP contribution in [0.25, 0.3) is 0 Å². The number of nitrogens with zero attached hydrogens (tertiary/aromatic N) is 2. The summed E-state index contributed by atoms with van der Waals surface area (Å²) >= 11 is 6.53. The molecule has 3 amide bonds. The van der Waals surface area contributed by atoms with Gasteiger partial charge in [-0.1, -0.05) is 48.0 Å². The monoisotopic (exact) mass is 557 g/mol. The van der Waals surface area contributed by atoms with Crippen LogP contribution in [0.4, 0.5) is 5.69 Å². The Morgan fingerprint density at radius 1 is 1.18 bits per heavy atom. The summed E-state index contributed by atoms with van der Waals surface area (Å²) in [4.78, 5) is 56.8. The number of β-amino-alcohol motifs (C(OH)–C–C–N with tert-alkyl or cyclic N) is 1. The van der Waals surface area contributed by atoms with E-state index in [9.17, 15) is 24.3 Å². The number of rotatable bonds is 3. The van der Waals surface area contributed by atoms with E-state index in [1.165, 1.54) is 9.80 Å². The minimum atomic E-state index is -1.47. The Hall–Kier alpha value is -3.21.